The molecular formula is C11H15NO2. The monoisotopic (exact) mass is 193 g/mol. The molecule has 1 N–H and O–H groups in total. The Labute approximate surface area is 84.2 Å². The predicted molar refractivity (Wildman–Crippen MR) is 56.8 cm³/mol. The Morgan fingerprint density at radius 1 is 1.50 bits per heavy atom. The van der Waals surface area contributed by atoms with Gasteiger partial charge in [-0.2, -0.15) is 0 Å². The van der Waals surface area contributed by atoms with Crippen LogP contribution in [-0.2, 0) is 9.59 Å². The van der Waals surface area contributed by atoms with E-state index in [0.717, 1.165) is 5.57 Å². The molecule has 0 bridgehead atoms. The van der Waals surface area contributed by atoms with Crippen LogP contribution in [0, 0.1) is 0 Å². The summed E-state index contributed by atoms with van der Waals surface area (Å²) in [6.07, 6.45) is 8.37. The fourth-order valence-electron chi connectivity index (χ4n) is 0.959. The molecule has 0 aliphatic rings. The van der Waals surface area contributed by atoms with E-state index in [0.29, 0.717) is 13.0 Å². The zero-order valence-electron chi connectivity index (χ0n) is 8.32. The van der Waals surface area contributed by atoms with Gasteiger partial charge in [-0.25, -0.2) is 0 Å². The first-order valence-electron chi connectivity index (χ1n) is 4.42. The van der Waals surface area contributed by atoms with E-state index in [9.17, 15) is 9.59 Å². The Morgan fingerprint density at radius 2 is 2.21 bits per heavy atom. The van der Waals surface area contributed by atoms with E-state index in [1.54, 1.807) is 6.08 Å². The zero-order chi connectivity index (χ0) is 10.8. The molecule has 0 fully saturated rings. The van der Waals surface area contributed by atoms with Crippen LogP contribution >= 0.6 is 0 Å². The Bertz CT molecular complexity index is 264. The molecular weight excluding hydrogens is 178 g/mol. The third kappa shape index (κ3) is 5.94. The molecule has 0 saturated heterocycles. The molecule has 0 unspecified atom stereocenters. The van der Waals surface area contributed by atoms with E-state index in [-0.39, 0.29) is 6.29 Å². The van der Waals surface area contributed by atoms with Crippen LogP contribution in [0.2, 0.25) is 0 Å². The summed E-state index contributed by atoms with van der Waals surface area (Å²) in [5.74, 6) is -0.580. The third-order valence-electron chi connectivity index (χ3n) is 1.53. The van der Waals surface area contributed by atoms with Crippen molar-refractivity contribution < 1.29 is 9.59 Å². The summed E-state index contributed by atoms with van der Waals surface area (Å²) in [4.78, 5) is 20.5. The maximum Gasteiger partial charge on any atom is 0.284 e. The lowest BCUT2D eigenvalue weighted by molar-refractivity contribution is -0.131. The van der Waals surface area contributed by atoms with Crippen LogP contribution in [0.3, 0.4) is 0 Å². The van der Waals surface area contributed by atoms with E-state index in [2.05, 4.69) is 11.9 Å². The molecule has 14 heavy (non-hydrogen) atoms. The number of hydrogen-bond acceptors (Lipinski definition) is 2. The molecule has 0 aliphatic heterocycles. The molecule has 0 aromatic heterocycles. The summed E-state index contributed by atoms with van der Waals surface area (Å²) in [7, 11) is 0. The van der Waals surface area contributed by atoms with E-state index in [4.69, 9.17) is 0 Å². The van der Waals surface area contributed by atoms with Crippen LogP contribution in [0.4, 0.5) is 0 Å². The third-order valence-corrected chi connectivity index (χ3v) is 1.53. The molecule has 0 radical (unpaired) electrons. The van der Waals surface area contributed by atoms with Gasteiger partial charge in [0.2, 0.25) is 6.29 Å². The molecule has 1 amide bonds. The lowest BCUT2D eigenvalue weighted by atomic mass is 10.1. The lowest BCUT2D eigenvalue weighted by Crippen LogP contribution is -2.25. The Hall–Kier alpha value is -1.64. The first-order valence-corrected chi connectivity index (χ1v) is 4.42. The van der Waals surface area contributed by atoms with Crippen LogP contribution in [-0.4, -0.2) is 18.7 Å². The van der Waals surface area contributed by atoms with Crippen LogP contribution in [0.15, 0.2) is 36.5 Å². The number of rotatable bonds is 6. The molecule has 0 atom stereocenters. The van der Waals surface area contributed by atoms with Crippen molar-refractivity contribution in [2.75, 3.05) is 6.54 Å². The van der Waals surface area contributed by atoms with E-state index in [1.165, 1.54) is 0 Å². The molecule has 0 aromatic rings. The van der Waals surface area contributed by atoms with Gasteiger partial charge in [0.05, 0.1) is 0 Å². The first kappa shape index (κ1) is 12.4. The van der Waals surface area contributed by atoms with E-state index in [1.807, 2.05) is 25.2 Å². The fraction of sp³-hybridized carbons (Fsp3) is 0.273. The highest BCUT2D eigenvalue weighted by Gasteiger charge is 1.96. The number of aldehydes is 1. The second kappa shape index (κ2) is 7.98. The van der Waals surface area contributed by atoms with Gasteiger partial charge >= 0.3 is 0 Å². The van der Waals surface area contributed by atoms with Crippen molar-refractivity contribution in [3.8, 4) is 0 Å². The standard InChI is InChI=1S/C11H15NO2/c1-3-5-10(6-4-2)7-8-12-11(14)9-13/h3-6,9H,1,7-8H2,2H3,(H,12,14)/b6-4-,10-5+. The van der Waals surface area contributed by atoms with Crippen molar-refractivity contribution in [3.05, 3.63) is 36.5 Å². The van der Waals surface area contributed by atoms with Crippen molar-refractivity contribution >= 4 is 12.2 Å². The normalized spacial score (nSPS) is 11.4. The fourth-order valence-corrected chi connectivity index (χ4v) is 0.959. The average molecular weight is 193 g/mol. The summed E-state index contributed by atoms with van der Waals surface area (Å²) in [6, 6.07) is 0. The average Bonchev–Trinajstić information content (AvgIpc) is 2.18. The Kier molecular flexibility index (Phi) is 7.05. The predicted octanol–water partition coefficient (Wildman–Crippen LogP) is 1.38. The van der Waals surface area contributed by atoms with Crippen molar-refractivity contribution in [1.82, 2.24) is 5.32 Å². The number of amides is 1. The maximum absolute atomic E-state index is 10.6. The number of carbonyl (C=O) groups excluding carboxylic acids is 2. The minimum atomic E-state index is -0.580. The highest BCUT2D eigenvalue weighted by Crippen LogP contribution is 2.02. The van der Waals surface area contributed by atoms with Gasteiger partial charge in [0.25, 0.3) is 5.91 Å². The molecule has 76 valence electrons. The number of carbonyl (C=O) groups is 2. The van der Waals surface area contributed by atoms with Gasteiger partial charge in [-0.3, -0.25) is 9.59 Å². The highest BCUT2D eigenvalue weighted by molar-refractivity contribution is 6.23. The molecule has 0 rings (SSSR count). The van der Waals surface area contributed by atoms with Gasteiger partial charge in [-0.05, 0) is 18.9 Å². The van der Waals surface area contributed by atoms with Gasteiger partial charge in [-0.1, -0.05) is 30.9 Å². The minimum Gasteiger partial charge on any atom is -0.349 e. The van der Waals surface area contributed by atoms with Crippen molar-refractivity contribution in [2.45, 2.75) is 13.3 Å². The molecule has 3 nitrogen and oxygen atoms in total. The largest absolute Gasteiger partial charge is 0.349 e. The quantitative estimate of drug-likeness (QED) is 0.393. The van der Waals surface area contributed by atoms with Gasteiger partial charge in [0.1, 0.15) is 0 Å². The summed E-state index contributed by atoms with van der Waals surface area (Å²) < 4.78 is 0. The molecule has 0 saturated carbocycles. The molecule has 0 aliphatic carbocycles. The van der Waals surface area contributed by atoms with Gasteiger partial charge in [0, 0.05) is 6.54 Å². The number of hydrogen-bond donors (Lipinski definition) is 1. The lowest BCUT2D eigenvalue weighted by Gasteiger charge is -2.01. The van der Waals surface area contributed by atoms with E-state index >= 15 is 0 Å². The first-order chi connectivity index (χ1) is 6.74. The van der Waals surface area contributed by atoms with Crippen molar-refractivity contribution in [1.29, 1.82) is 0 Å². The Balaban J connectivity index is 3.95. The van der Waals surface area contributed by atoms with Crippen LogP contribution in [0.1, 0.15) is 13.3 Å². The van der Waals surface area contributed by atoms with Gasteiger partial charge in [0.15, 0.2) is 0 Å². The highest BCUT2D eigenvalue weighted by atomic mass is 16.2. The zero-order valence-corrected chi connectivity index (χ0v) is 8.32. The van der Waals surface area contributed by atoms with Gasteiger partial charge in [-0.15, -0.1) is 0 Å². The van der Waals surface area contributed by atoms with Crippen LogP contribution in [0.25, 0.3) is 0 Å². The second-order valence-electron chi connectivity index (χ2n) is 2.64. The van der Waals surface area contributed by atoms with E-state index < -0.39 is 5.91 Å². The van der Waals surface area contributed by atoms with Gasteiger partial charge < -0.3 is 5.32 Å². The number of nitrogens with one attached hydrogen (secondary N) is 1. The summed E-state index contributed by atoms with van der Waals surface area (Å²) >= 11 is 0. The SMILES string of the molecule is C=C/C=C(\C=C/C)CCNC(=O)C=O. The summed E-state index contributed by atoms with van der Waals surface area (Å²) in [5.41, 5.74) is 1.06. The minimum absolute atomic E-state index is 0.270. The van der Waals surface area contributed by atoms with Crippen LogP contribution in [0.5, 0.6) is 0 Å². The molecule has 0 heterocycles. The number of allylic oxidation sites excluding steroid dienone is 4. The topological polar surface area (TPSA) is 46.2 Å². The molecule has 0 spiro atoms. The summed E-state index contributed by atoms with van der Waals surface area (Å²) in [6.45, 7) is 5.97. The molecule has 0 aromatic carbocycles. The smallest absolute Gasteiger partial charge is 0.284 e. The maximum atomic E-state index is 10.6. The Morgan fingerprint density at radius 3 is 2.71 bits per heavy atom. The van der Waals surface area contributed by atoms with Crippen molar-refractivity contribution in [3.63, 3.8) is 0 Å². The van der Waals surface area contributed by atoms with Crippen molar-refractivity contribution in [2.24, 2.45) is 0 Å². The summed E-state index contributed by atoms with van der Waals surface area (Å²) in [5, 5.41) is 2.46. The molecule has 3 heteroatoms. The van der Waals surface area contributed by atoms with Crippen LogP contribution < -0.4 is 5.32 Å². The second-order valence-corrected chi connectivity index (χ2v) is 2.64.